The van der Waals surface area contributed by atoms with Crippen LogP contribution < -0.4 is 10.1 Å². The van der Waals surface area contributed by atoms with Gasteiger partial charge in [-0.15, -0.1) is 0 Å². The molecule has 0 fully saturated rings. The van der Waals surface area contributed by atoms with E-state index in [2.05, 4.69) is 10.3 Å². The molecule has 1 aromatic heterocycles. The first-order valence-electron chi connectivity index (χ1n) is 5.85. The second-order valence-electron chi connectivity index (χ2n) is 3.78. The van der Waals surface area contributed by atoms with Crippen LogP contribution in [0.1, 0.15) is 17.3 Å². The Hall–Kier alpha value is -2.43. The standard InChI is InChI=1S/C14H13FN2O2/c1-2-19-12-5-3-11(4-6-12)17-14(18)10-7-8-16-13(15)9-10/h3-9H,2H2,1H3,(H,17,18). The zero-order valence-electron chi connectivity index (χ0n) is 10.4. The summed E-state index contributed by atoms with van der Waals surface area (Å²) in [4.78, 5) is 15.2. The van der Waals surface area contributed by atoms with Crippen molar-refractivity contribution >= 4 is 11.6 Å². The third-order valence-electron chi connectivity index (χ3n) is 2.41. The normalized spacial score (nSPS) is 10.0. The zero-order chi connectivity index (χ0) is 13.7. The van der Waals surface area contributed by atoms with Gasteiger partial charge in [0.15, 0.2) is 0 Å². The second-order valence-corrected chi connectivity index (χ2v) is 3.78. The number of hydrogen-bond donors (Lipinski definition) is 1. The number of halogens is 1. The van der Waals surface area contributed by atoms with Gasteiger partial charge in [-0.1, -0.05) is 0 Å². The van der Waals surface area contributed by atoms with Crippen molar-refractivity contribution in [3.05, 3.63) is 54.1 Å². The van der Waals surface area contributed by atoms with E-state index in [0.717, 1.165) is 11.8 Å². The molecule has 1 N–H and O–H groups in total. The van der Waals surface area contributed by atoms with E-state index in [0.29, 0.717) is 12.3 Å². The molecule has 1 aromatic carbocycles. The molecule has 1 heterocycles. The molecular weight excluding hydrogens is 247 g/mol. The molecule has 0 aliphatic carbocycles. The van der Waals surface area contributed by atoms with Gasteiger partial charge in [0, 0.05) is 23.5 Å². The lowest BCUT2D eigenvalue weighted by atomic mass is 10.2. The fourth-order valence-corrected chi connectivity index (χ4v) is 1.55. The largest absolute Gasteiger partial charge is 0.494 e. The fourth-order valence-electron chi connectivity index (χ4n) is 1.55. The summed E-state index contributed by atoms with van der Waals surface area (Å²) in [5.41, 5.74) is 0.840. The van der Waals surface area contributed by atoms with E-state index in [9.17, 15) is 9.18 Å². The maximum atomic E-state index is 12.9. The van der Waals surface area contributed by atoms with Crippen molar-refractivity contribution in [2.75, 3.05) is 11.9 Å². The minimum Gasteiger partial charge on any atom is -0.494 e. The van der Waals surface area contributed by atoms with Gasteiger partial charge in [0.05, 0.1) is 6.61 Å². The third kappa shape index (κ3) is 3.51. The number of carbonyl (C=O) groups is 1. The topological polar surface area (TPSA) is 51.2 Å². The Balaban J connectivity index is 2.06. The molecule has 1 amide bonds. The smallest absolute Gasteiger partial charge is 0.255 e. The van der Waals surface area contributed by atoms with E-state index in [1.165, 1.54) is 12.3 Å². The molecule has 0 unspecified atom stereocenters. The van der Waals surface area contributed by atoms with Gasteiger partial charge in [0.2, 0.25) is 5.95 Å². The van der Waals surface area contributed by atoms with Crippen LogP contribution in [0.2, 0.25) is 0 Å². The maximum absolute atomic E-state index is 12.9. The lowest BCUT2D eigenvalue weighted by molar-refractivity contribution is 0.102. The predicted octanol–water partition coefficient (Wildman–Crippen LogP) is 2.87. The number of ether oxygens (including phenoxy) is 1. The highest BCUT2D eigenvalue weighted by atomic mass is 19.1. The van der Waals surface area contributed by atoms with Crippen molar-refractivity contribution in [1.82, 2.24) is 4.98 Å². The van der Waals surface area contributed by atoms with Crippen LogP contribution in [0.25, 0.3) is 0 Å². The molecule has 2 aromatic rings. The highest BCUT2D eigenvalue weighted by molar-refractivity contribution is 6.04. The summed E-state index contributed by atoms with van der Waals surface area (Å²) in [7, 11) is 0. The molecule has 2 rings (SSSR count). The van der Waals surface area contributed by atoms with Crippen LogP contribution in [-0.2, 0) is 0 Å². The van der Waals surface area contributed by atoms with Gasteiger partial charge < -0.3 is 10.1 Å². The number of hydrogen-bond acceptors (Lipinski definition) is 3. The van der Waals surface area contributed by atoms with Crippen molar-refractivity contribution in [2.45, 2.75) is 6.92 Å². The number of carbonyl (C=O) groups excluding carboxylic acids is 1. The molecule has 4 nitrogen and oxygen atoms in total. The average Bonchev–Trinajstić information content (AvgIpc) is 2.41. The van der Waals surface area contributed by atoms with Crippen LogP contribution in [0, 0.1) is 5.95 Å². The summed E-state index contributed by atoms with van der Waals surface area (Å²) in [5.74, 6) is -0.333. The van der Waals surface area contributed by atoms with Gasteiger partial charge in [-0.25, -0.2) is 4.98 Å². The van der Waals surface area contributed by atoms with E-state index in [-0.39, 0.29) is 11.5 Å². The van der Waals surface area contributed by atoms with E-state index in [1.807, 2.05) is 6.92 Å². The molecular formula is C14H13FN2O2. The predicted molar refractivity (Wildman–Crippen MR) is 69.8 cm³/mol. The molecule has 0 bridgehead atoms. The molecule has 0 spiro atoms. The van der Waals surface area contributed by atoms with Crippen molar-refractivity contribution in [2.24, 2.45) is 0 Å². The van der Waals surface area contributed by atoms with Crippen molar-refractivity contribution in [3.63, 3.8) is 0 Å². The molecule has 19 heavy (non-hydrogen) atoms. The summed E-state index contributed by atoms with van der Waals surface area (Å²) >= 11 is 0. The molecule has 5 heteroatoms. The van der Waals surface area contributed by atoms with Crippen LogP contribution in [0.3, 0.4) is 0 Å². The SMILES string of the molecule is CCOc1ccc(NC(=O)c2ccnc(F)c2)cc1. The lowest BCUT2D eigenvalue weighted by Crippen LogP contribution is -2.12. The number of amides is 1. The van der Waals surface area contributed by atoms with E-state index >= 15 is 0 Å². The average molecular weight is 260 g/mol. The molecule has 0 aliphatic rings. The van der Waals surface area contributed by atoms with E-state index < -0.39 is 5.95 Å². The van der Waals surface area contributed by atoms with Crippen LogP contribution >= 0.6 is 0 Å². The highest BCUT2D eigenvalue weighted by Crippen LogP contribution is 2.16. The summed E-state index contributed by atoms with van der Waals surface area (Å²) < 4.78 is 18.2. The molecule has 98 valence electrons. The Labute approximate surface area is 110 Å². The van der Waals surface area contributed by atoms with Crippen molar-refractivity contribution in [3.8, 4) is 5.75 Å². The molecule has 0 saturated heterocycles. The monoisotopic (exact) mass is 260 g/mol. The summed E-state index contributed by atoms with van der Waals surface area (Å²) in [6, 6.07) is 9.50. The van der Waals surface area contributed by atoms with Crippen LogP contribution in [0.4, 0.5) is 10.1 Å². The summed E-state index contributed by atoms with van der Waals surface area (Å²) in [6.45, 7) is 2.48. The number of nitrogens with zero attached hydrogens (tertiary/aromatic N) is 1. The van der Waals surface area contributed by atoms with Gasteiger partial charge in [-0.05, 0) is 37.3 Å². The lowest BCUT2D eigenvalue weighted by Gasteiger charge is -2.07. The number of nitrogens with one attached hydrogen (secondary N) is 1. The fraction of sp³-hybridized carbons (Fsp3) is 0.143. The van der Waals surface area contributed by atoms with Gasteiger partial charge in [-0.3, -0.25) is 4.79 Å². The Morgan fingerprint density at radius 3 is 2.68 bits per heavy atom. The Bertz CT molecular complexity index is 570. The van der Waals surface area contributed by atoms with Crippen LogP contribution in [-0.4, -0.2) is 17.5 Å². The van der Waals surface area contributed by atoms with Gasteiger partial charge in [-0.2, -0.15) is 4.39 Å². The number of rotatable bonds is 4. The van der Waals surface area contributed by atoms with Gasteiger partial charge >= 0.3 is 0 Å². The third-order valence-corrected chi connectivity index (χ3v) is 2.41. The first kappa shape index (κ1) is 13.0. The minimum absolute atomic E-state index is 0.224. The number of aromatic nitrogens is 1. The quantitative estimate of drug-likeness (QED) is 0.860. The molecule has 0 radical (unpaired) electrons. The summed E-state index contributed by atoms with van der Waals surface area (Å²) in [6.07, 6.45) is 1.25. The first-order valence-corrected chi connectivity index (χ1v) is 5.85. The Morgan fingerprint density at radius 2 is 2.05 bits per heavy atom. The molecule has 0 atom stereocenters. The minimum atomic E-state index is -0.681. The second kappa shape index (κ2) is 5.95. The van der Waals surface area contributed by atoms with Crippen molar-refractivity contribution in [1.29, 1.82) is 0 Å². The van der Waals surface area contributed by atoms with Crippen LogP contribution in [0.5, 0.6) is 5.75 Å². The first-order chi connectivity index (χ1) is 9.19. The van der Waals surface area contributed by atoms with Gasteiger partial charge in [0.25, 0.3) is 5.91 Å². The van der Waals surface area contributed by atoms with E-state index in [4.69, 9.17) is 4.74 Å². The molecule has 0 saturated carbocycles. The zero-order valence-corrected chi connectivity index (χ0v) is 10.4. The number of pyridine rings is 1. The molecule has 0 aliphatic heterocycles. The highest BCUT2D eigenvalue weighted by Gasteiger charge is 2.07. The number of benzene rings is 1. The maximum Gasteiger partial charge on any atom is 0.255 e. The van der Waals surface area contributed by atoms with Gasteiger partial charge in [0.1, 0.15) is 5.75 Å². The van der Waals surface area contributed by atoms with Crippen molar-refractivity contribution < 1.29 is 13.9 Å². The van der Waals surface area contributed by atoms with Crippen LogP contribution in [0.15, 0.2) is 42.6 Å². The van der Waals surface area contributed by atoms with E-state index in [1.54, 1.807) is 24.3 Å². The Morgan fingerprint density at radius 1 is 1.32 bits per heavy atom. The Kier molecular flexibility index (Phi) is 4.07. The summed E-state index contributed by atoms with van der Waals surface area (Å²) in [5, 5.41) is 2.67. The number of anilines is 1.